The van der Waals surface area contributed by atoms with Gasteiger partial charge in [0.1, 0.15) is 16.5 Å². The summed E-state index contributed by atoms with van der Waals surface area (Å²) in [6.45, 7) is 0. The van der Waals surface area contributed by atoms with E-state index in [9.17, 15) is 21.4 Å². The van der Waals surface area contributed by atoms with Crippen molar-refractivity contribution in [2.24, 2.45) is 0 Å². The minimum Gasteiger partial charge on any atom is -0.302 e. The molecule has 0 fully saturated rings. The second-order valence-electron chi connectivity index (χ2n) is 4.20. The first kappa shape index (κ1) is 18.6. The molecule has 0 aliphatic heterocycles. The quantitative estimate of drug-likeness (QED) is 0.584. The van der Waals surface area contributed by atoms with Gasteiger partial charge in [0.15, 0.2) is 11.1 Å². The largest absolute Gasteiger partial charge is 0.302 e. The zero-order valence-electron chi connectivity index (χ0n) is 10.8. The normalized spacial score (nSPS) is 13.1. The van der Waals surface area contributed by atoms with Gasteiger partial charge in [-0.1, -0.05) is 23.2 Å². The lowest BCUT2D eigenvalue weighted by Gasteiger charge is -2.09. The van der Waals surface area contributed by atoms with Gasteiger partial charge < -0.3 is 4.55 Å². The molecule has 0 spiro atoms. The molecule has 0 bridgehead atoms. The van der Waals surface area contributed by atoms with Crippen molar-refractivity contribution in [1.82, 2.24) is 0 Å². The third-order valence-corrected chi connectivity index (χ3v) is 6.53. The van der Waals surface area contributed by atoms with Gasteiger partial charge in [0.05, 0.1) is 24.7 Å². The van der Waals surface area contributed by atoms with Crippen molar-refractivity contribution >= 4 is 56.7 Å². The van der Waals surface area contributed by atoms with Crippen LogP contribution in [0.1, 0.15) is 0 Å². The highest BCUT2D eigenvalue weighted by molar-refractivity contribution is 7.91. The third-order valence-electron chi connectivity index (χ3n) is 2.76. The number of thiol groups is 1. The lowest BCUT2D eigenvalue weighted by molar-refractivity contribution is 0.541. The summed E-state index contributed by atoms with van der Waals surface area (Å²) in [5.41, 5.74) is 0. The van der Waals surface area contributed by atoms with E-state index in [1.165, 1.54) is 0 Å². The third kappa shape index (κ3) is 3.54. The summed E-state index contributed by atoms with van der Waals surface area (Å²) in [6, 6.07) is 2.94. The van der Waals surface area contributed by atoms with E-state index in [1.54, 1.807) is 0 Å². The van der Waals surface area contributed by atoms with E-state index in [1.807, 2.05) is 0 Å². The topological polar surface area (TPSA) is 71.4 Å². The number of benzene rings is 2. The summed E-state index contributed by atoms with van der Waals surface area (Å²) in [5.74, 6) is -2.26. The Balaban J connectivity index is 2.68. The Kier molecular flexibility index (Phi) is 5.39. The molecule has 0 aliphatic rings. The number of rotatable bonds is 3. The molecule has 0 aromatic heterocycles. The zero-order valence-corrected chi connectivity index (χ0v) is 14.8. The van der Waals surface area contributed by atoms with E-state index in [-0.39, 0.29) is 9.92 Å². The molecule has 11 heteroatoms. The van der Waals surface area contributed by atoms with E-state index in [2.05, 4.69) is 12.6 Å². The summed E-state index contributed by atoms with van der Waals surface area (Å²) in [7, 11) is -4.35. The maximum absolute atomic E-state index is 13.8. The van der Waals surface area contributed by atoms with Crippen LogP contribution in [0.15, 0.2) is 43.8 Å². The van der Waals surface area contributed by atoms with E-state index >= 15 is 0 Å². The van der Waals surface area contributed by atoms with Gasteiger partial charge in [-0.3, -0.25) is 0 Å². The standard InChI is InChI=1S/C12H6Cl2F2O4S3/c13-7-1-5(3-9(15)11(7)21)23(19,20)6-2-8(14)12(22(17)18)10(16)4-6/h1-4,21H,(H,17,18). The molecule has 2 rings (SSSR count). The Hall–Kier alpha value is -0.710. The Morgan fingerprint density at radius 1 is 1.00 bits per heavy atom. The van der Waals surface area contributed by atoms with Gasteiger partial charge in [-0.15, -0.1) is 12.6 Å². The van der Waals surface area contributed by atoms with Crippen LogP contribution >= 0.6 is 35.8 Å². The van der Waals surface area contributed by atoms with Crippen LogP contribution in [0.4, 0.5) is 8.78 Å². The summed E-state index contributed by atoms with van der Waals surface area (Å²) >= 11 is 12.4. The highest BCUT2D eigenvalue weighted by Crippen LogP contribution is 2.33. The fraction of sp³-hybridized carbons (Fsp3) is 0. The Bertz CT molecular complexity index is 886. The minimum absolute atomic E-state index is 0.235. The second-order valence-corrected chi connectivity index (χ2v) is 8.32. The van der Waals surface area contributed by atoms with Crippen molar-refractivity contribution in [2.45, 2.75) is 19.6 Å². The average molecular weight is 419 g/mol. The van der Waals surface area contributed by atoms with Crippen LogP contribution in [-0.4, -0.2) is 17.2 Å². The molecule has 2 aromatic rings. The fourth-order valence-electron chi connectivity index (χ4n) is 1.69. The number of sulfone groups is 1. The van der Waals surface area contributed by atoms with Gasteiger partial charge in [-0.25, -0.2) is 21.4 Å². The van der Waals surface area contributed by atoms with Crippen LogP contribution < -0.4 is 0 Å². The molecule has 0 amide bonds. The monoisotopic (exact) mass is 418 g/mol. The van der Waals surface area contributed by atoms with Crippen molar-refractivity contribution in [1.29, 1.82) is 0 Å². The van der Waals surface area contributed by atoms with E-state index in [0.717, 1.165) is 12.1 Å². The molecular weight excluding hydrogens is 413 g/mol. The second kappa shape index (κ2) is 6.66. The molecule has 124 valence electrons. The molecule has 0 heterocycles. The van der Waals surface area contributed by atoms with Crippen molar-refractivity contribution < 1.29 is 26.0 Å². The van der Waals surface area contributed by atoms with Crippen molar-refractivity contribution in [3.63, 3.8) is 0 Å². The first-order valence-electron chi connectivity index (χ1n) is 5.58. The van der Waals surface area contributed by atoms with Gasteiger partial charge in [0, 0.05) is 0 Å². The number of hydrogen-bond donors (Lipinski definition) is 2. The van der Waals surface area contributed by atoms with Crippen LogP contribution in [0.5, 0.6) is 0 Å². The van der Waals surface area contributed by atoms with E-state index < -0.39 is 52.3 Å². The van der Waals surface area contributed by atoms with Crippen LogP contribution in [0.25, 0.3) is 0 Å². The fourth-order valence-corrected chi connectivity index (χ4v) is 4.35. The molecule has 0 aliphatic carbocycles. The molecule has 0 radical (unpaired) electrons. The lowest BCUT2D eigenvalue weighted by atomic mass is 10.3. The summed E-state index contributed by atoms with van der Waals surface area (Å²) in [5, 5.41) is -0.798. The lowest BCUT2D eigenvalue weighted by Crippen LogP contribution is -2.06. The molecule has 2 aromatic carbocycles. The molecule has 23 heavy (non-hydrogen) atoms. The van der Waals surface area contributed by atoms with Crippen molar-refractivity contribution in [3.05, 3.63) is 45.9 Å². The Labute approximate surface area is 148 Å². The average Bonchev–Trinajstić information content (AvgIpc) is 2.42. The van der Waals surface area contributed by atoms with Crippen LogP contribution in [-0.2, 0) is 20.9 Å². The Morgan fingerprint density at radius 2 is 1.48 bits per heavy atom. The zero-order chi connectivity index (χ0) is 17.5. The molecule has 0 saturated heterocycles. The summed E-state index contributed by atoms with van der Waals surface area (Å²) in [4.78, 5) is -2.14. The molecule has 1 atom stereocenters. The Morgan fingerprint density at radius 3 is 1.91 bits per heavy atom. The van der Waals surface area contributed by atoms with Gasteiger partial charge in [0.25, 0.3) is 0 Å². The van der Waals surface area contributed by atoms with Crippen LogP contribution in [0, 0.1) is 11.6 Å². The minimum atomic E-state index is -4.35. The maximum Gasteiger partial charge on any atom is 0.206 e. The maximum atomic E-state index is 13.8. The first-order valence-corrected chi connectivity index (χ1v) is 9.38. The van der Waals surface area contributed by atoms with Gasteiger partial charge in [-0.05, 0) is 24.3 Å². The van der Waals surface area contributed by atoms with Crippen molar-refractivity contribution in [3.8, 4) is 0 Å². The van der Waals surface area contributed by atoms with Crippen LogP contribution in [0.3, 0.4) is 0 Å². The van der Waals surface area contributed by atoms with E-state index in [0.29, 0.717) is 12.1 Å². The molecule has 0 saturated carbocycles. The molecular formula is C12H6Cl2F2O4S3. The van der Waals surface area contributed by atoms with Gasteiger partial charge >= 0.3 is 0 Å². The SMILES string of the molecule is O=S(O)c1c(F)cc(S(=O)(=O)c2cc(F)c(S)c(Cl)c2)cc1Cl. The molecule has 1 unspecified atom stereocenters. The summed E-state index contributed by atoms with van der Waals surface area (Å²) < 4.78 is 72.2. The first-order chi connectivity index (χ1) is 10.6. The van der Waals surface area contributed by atoms with Gasteiger partial charge in [-0.2, -0.15) is 0 Å². The van der Waals surface area contributed by atoms with Crippen LogP contribution in [0.2, 0.25) is 10.0 Å². The highest BCUT2D eigenvalue weighted by atomic mass is 35.5. The molecule has 4 nitrogen and oxygen atoms in total. The number of halogens is 4. The predicted molar refractivity (Wildman–Crippen MR) is 84.6 cm³/mol. The van der Waals surface area contributed by atoms with Gasteiger partial charge in [0.2, 0.25) is 9.84 Å². The highest BCUT2D eigenvalue weighted by Gasteiger charge is 2.25. The van der Waals surface area contributed by atoms with Crippen molar-refractivity contribution in [2.75, 3.05) is 0 Å². The number of hydrogen-bond acceptors (Lipinski definition) is 4. The van der Waals surface area contributed by atoms with E-state index in [4.69, 9.17) is 27.8 Å². The smallest absolute Gasteiger partial charge is 0.206 e. The summed E-state index contributed by atoms with van der Waals surface area (Å²) in [6.07, 6.45) is 0. The predicted octanol–water partition coefficient (Wildman–Crippen LogP) is 3.97. The molecule has 1 N–H and O–H groups in total.